The third kappa shape index (κ3) is 3.47. The smallest absolute Gasteiger partial charge is 0.338 e. The van der Waals surface area contributed by atoms with E-state index in [0.29, 0.717) is 11.4 Å². The minimum atomic E-state index is -4.57. The lowest BCUT2D eigenvalue weighted by molar-refractivity contribution is 0.0697. The van der Waals surface area contributed by atoms with E-state index in [1.807, 2.05) is 0 Å². The van der Waals surface area contributed by atoms with Gasteiger partial charge in [0.1, 0.15) is 5.69 Å². The van der Waals surface area contributed by atoms with Crippen molar-refractivity contribution in [3.8, 4) is 0 Å². The summed E-state index contributed by atoms with van der Waals surface area (Å²) in [6.45, 7) is 3.28. The molecule has 0 atom stereocenters. The van der Waals surface area contributed by atoms with Gasteiger partial charge in [0.05, 0.1) is 16.2 Å². The van der Waals surface area contributed by atoms with E-state index in [-0.39, 0.29) is 22.6 Å². The summed E-state index contributed by atoms with van der Waals surface area (Å²) >= 11 is 0. The number of aromatic nitrogens is 3. The van der Waals surface area contributed by atoms with Crippen LogP contribution in [-0.4, -0.2) is 38.6 Å². The molecule has 0 aliphatic heterocycles. The van der Waals surface area contributed by atoms with E-state index in [9.17, 15) is 23.1 Å². The molecular formula is C15H13N5O6S. The molecule has 27 heavy (non-hydrogen) atoms. The highest BCUT2D eigenvalue weighted by molar-refractivity contribution is 7.85. The fourth-order valence-corrected chi connectivity index (χ4v) is 2.92. The van der Waals surface area contributed by atoms with Crippen LogP contribution < -0.4 is 5.56 Å². The number of azo groups is 1. The molecule has 12 heteroatoms. The second-order valence-corrected chi connectivity index (χ2v) is 7.06. The van der Waals surface area contributed by atoms with E-state index < -0.39 is 26.5 Å². The van der Waals surface area contributed by atoms with Gasteiger partial charge in [-0.15, -0.1) is 10.2 Å². The van der Waals surface area contributed by atoms with Crippen molar-refractivity contribution in [2.24, 2.45) is 10.2 Å². The predicted octanol–water partition coefficient (Wildman–Crippen LogP) is 2.00. The van der Waals surface area contributed by atoms with Crippen LogP contribution in [0, 0.1) is 13.8 Å². The molecular weight excluding hydrogens is 378 g/mol. The topological polar surface area (TPSA) is 167 Å². The molecule has 2 heterocycles. The summed E-state index contributed by atoms with van der Waals surface area (Å²) < 4.78 is 32.6. The number of rotatable bonds is 4. The Balaban J connectivity index is 2.15. The number of benzene rings is 1. The Hall–Kier alpha value is -3.38. The van der Waals surface area contributed by atoms with Crippen molar-refractivity contribution in [3.05, 3.63) is 51.6 Å². The molecule has 3 aromatic rings. The van der Waals surface area contributed by atoms with Crippen LogP contribution in [0.15, 0.2) is 44.2 Å². The van der Waals surface area contributed by atoms with Gasteiger partial charge in [0.25, 0.3) is 15.7 Å². The Labute approximate surface area is 151 Å². The number of hydrogen-bond donors (Lipinski definition) is 3. The molecule has 0 fully saturated rings. The first-order valence-corrected chi connectivity index (χ1v) is 8.87. The summed E-state index contributed by atoms with van der Waals surface area (Å²) in [7, 11) is -4.57. The van der Waals surface area contributed by atoms with Crippen molar-refractivity contribution >= 4 is 33.1 Å². The molecule has 0 radical (unpaired) electrons. The van der Waals surface area contributed by atoms with Crippen molar-refractivity contribution < 1.29 is 22.9 Å². The van der Waals surface area contributed by atoms with Crippen LogP contribution in [0.2, 0.25) is 0 Å². The normalized spacial score (nSPS) is 12.1. The van der Waals surface area contributed by atoms with Gasteiger partial charge in [-0.25, -0.2) is 9.78 Å². The summed E-state index contributed by atoms with van der Waals surface area (Å²) in [6, 6.07) is 4.22. The van der Waals surface area contributed by atoms with E-state index in [1.54, 1.807) is 13.8 Å². The van der Waals surface area contributed by atoms with Gasteiger partial charge in [0, 0.05) is 11.8 Å². The number of carboxylic acids is 1. The first-order valence-electron chi connectivity index (χ1n) is 7.43. The van der Waals surface area contributed by atoms with Gasteiger partial charge in [0.2, 0.25) is 0 Å². The van der Waals surface area contributed by atoms with Crippen LogP contribution >= 0.6 is 0 Å². The molecule has 0 bridgehead atoms. The van der Waals surface area contributed by atoms with E-state index in [1.165, 1.54) is 10.6 Å². The van der Waals surface area contributed by atoms with Crippen molar-refractivity contribution in [2.75, 3.05) is 0 Å². The quantitative estimate of drug-likeness (QED) is 0.451. The van der Waals surface area contributed by atoms with Crippen LogP contribution in [-0.2, 0) is 10.1 Å². The SMILES string of the molecule is Cc1cc(=O)n2[nH]c(C)c(N=Nc3ccc(S(=O)(=O)O)cc3C(=O)O)c2n1. The number of hydrogen-bond acceptors (Lipinski definition) is 7. The van der Waals surface area contributed by atoms with Gasteiger partial charge < -0.3 is 5.11 Å². The standard InChI is InChI=1S/C15H13N5O6S/c1-7-5-12(21)20-14(16-7)13(8(2)19-20)18-17-11-4-3-9(27(24,25)26)6-10(11)15(22)23/h3-6,19H,1-2H3,(H,22,23)(H,24,25,26). The molecule has 140 valence electrons. The molecule has 0 spiro atoms. The van der Waals surface area contributed by atoms with E-state index in [2.05, 4.69) is 20.3 Å². The van der Waals surface area contributed by atoms with Crippen LogP contribution in [0.3, 0.4) is 0 Å². The maximum atomic E-state index is 12.0. The monoisotopic (exact) mass is 391 g/mol. The highest BCUT2D eigenvalue weighted by Crippen LogP contribution is 2.28. The number of nitrogens with one attached hydrogen (secondary N) is 1. The Morgan fingerprint density at radius 1 is 1.22 bits per heavy atom. The second-order valence-electron chi connectivity index (χ2n) is 5.64. The van der Waals surface area contributed by atoms with Crippen LogP contribution in [0.25, 0.3) is 5.65 Å². The van der Waals surface area contributed by atoms with Gasteiger partial charge in [-0.1, -0.05) is 0 Å². The second kappa shape index (κ2) is 6.41. The third-order valence-electron chi connectivity index (χ3n) is 3.65. The highest BCUT2D eigenvalue weighted by Gasteiger charge is 2.17. The lowest BCUT2D eigenvalue weighted by Crippen LogP contribution is -2.14. The molecule has 11 nitrogen and oxygen atoms in total. The van der Waals surface area contributed by atoms with Crippen LogP contribution in [0.5, 0.6) is 0 Å². The number of aromatic amines is 1. The van der Waals surface area contributed by atoms with Crippen molar-refractivity contribution in [2.45, 2.75) is 18.7 Å². The van der Waals surface area contributed by atoms with Crippen molar-refractivity contribution in [1.29, 1.82) is 0 Å². The number of aryl methyl sites for hydroxylation is 2. The molecule has 3 N–H and O–H groups in total. The number of H-pyrrole nitrogens is 1. The molecule has 0 aliphatic carbocycles. The summed E-state index contributed by atoms with van der Waals surface area (Å²) in [5, 5.41) is 19.9. The molecule has 0 saturated heterocycles. The van der Waals surface area contributed by atoms with Gasteiger partial charge in [-0.2, -0.15) is 12.9 Å². The minimum absolute atomic E-state index is 0.136. The fraction of sp³-hybridized carbons (Fsp3) is 0.133. The molecule has 0 amide bonds. The van der Waals surface area contributed by atoms with E-state index in [4.69, 9.17) is 4.55 Å². The predicted molar refractivity (Wildman–Crippen MR) is 92.7 cm³/mol. The Bertz CT molecular complexity index is 1270. The maximum Gasteiger partial charge on any atom is 0.338 e. The minimum Gasteiger partial charge on any atom is -0.478 e. The van der Waals surface area contributed by atoms with Gasteiger partial charge in [0.15, 0.2) is 11.3 Å². The lowest BCUT2D eigenvalue weighted by Gasteiger charge is -2.02. The third-order valence-corrected chi connectivity index (χ3v) is 4.50. The number of nitrogens with zero attached hydrogens (tertiary/aromatic N) is 4. The molecule has 2 aromatic heterocycles. The number of fused-ring (bicyclic) bond motifs is 1. The fourth-order valence-electron chi connectivity index (χ4n) is 2.41. The summed E-state index contributed by atoms with van der Waals surface area (Å²) in [5.74, 6) is -1.45. The molecule has 3 rings (SSSR count). The zero-order valence-corrected chi connectivity index (χ0v) is 14.9. The van der Waals surface area contributed by atoms with E-state index >= 15 is 0 Å². The van der Waals surface area contributed by atoms with Crippen LogP contribution in [0.4, 0.5) is 11.4 Å². The Morgan fingerprint density at radius 3 is 2.56 bits per heavy atom. The average molecular weight is 391 g/mol. The Morgan fingerprint density at radius 2 is 1.93 bits per heavy atom. The summed E-state index contributed by atoms with van der Waals surface area (Å²) in [4.78, 5) is 27.0. The number of aromatic carboxylic acids is 1. The zero-order valence-electron chi connectivity index (χ0n) is 14.0. The number of carbonyl (C=O) groups is 1. The van der Waals surface area contributed by atoms with Crippen molar-refractivity contribution in [3.63, 3.8) is 0 Å². The molecule has 1 aromatic carbocycles. The van der Waals surface area contributed by atoms with Crippen molar-refractivity contribution in [1.82, 2.24) is 14.6 Å². The van der Waals surface area contributed by atoms with E-state index in [0.717, 1.165) is 18.2 Å². The highest BCUT2D eigenvalue weighted by atomic mass is 32.2. The van der Waals surface area contributed by atoms with Crippen LogP contribution in [0.1, 0.15) is 21.7 Å². The lowest BCUT2D eigenvalue weighted by atomic mass is 10.2. The van der Waals surface area contributed by atoms with Gasteiger partial charge in [-0.05, 0) is 32.0 Å². The summed E-state index contributed by atoms with van der Waals surface area (Å²) in [6.07, 6.45) is 0. The molecule has 0 aliphatic rings. The van der Waals surface area contributed by atoms with Gasteiger partial charge >= 0.3 is 5.97 Å². The average Bonchev–Trinajstić information content (AvgIpc) is 2.87. The Kier molecular flexibility index (Phi) is 4.37. The largest absolute Gasteiger partial charge is 0.478 e. The number of carboxylic acid groups (broad SMARTS) is 1. The van der Waals surface area contributed by atoms with Gasteiger partial charge in [-0.3, -0.25) is 14.4 Å². The first kappa shape index (κ1) is 18.4. The molecule has 0 unspecified atom stereocenters. The maximum absolute atomic E-state index is 12.0. The summed E-state index contributed by atoms with van der Waals surface area (Å²) in [5.41, 5.74) is 0.445. The zero-order chi connectivity index (χ0) is 19.9. The molecule has 0 saturated carbocycles. The first-order chi connectivity index (χ1) is 12.6.